The molecule has 0 radical (unpaired) electrons. The molecule has 2 aliphatic heterocycles. The number of aromatic nitrogens is 1. The van der Waals surface area contributed by atoms with Gasteiger partial charge in [0.05, 0.1) is 5.92 Å². The lowest BCUT2D eigenvalue weighted by Gasteiger charge is -2.33. The van der Waals surface area contributed by atoms with E-state index < -0.39 is 0 Å². The van der Waals surface area contributed by atoms with Gasteiger partial charge in [0, 0.05) is 49.3 Å². The van der Waals surface area contributed by atoms with E-state index in [0.717, 1.165) is 63.9 Å². The van der Waals surface area contributed by atoms with Crippen molar-refractivity contribution in [3.05, 3.63) is 36.0 Å². The molecule has 2 fully saturated rings. The van der Waals surface area contributed by atoms with Crippen LogP contribution in [-0.2, 0) is 22.7 Å². The number of likely N-dealkylation sites (tertiary alicyclic amines) is 2. The van der Waals surface area contributed by atoms with Crippen molar-refractivity contribution >= 4 is 22.7 Å². The number of nitrogens with zero attached hydrogens (tertiary/aromatic N) is 3. The highest BCUT2D eigenvalue weighted by molar-refractivity contribution is 5.86. The van der Waals surface area contributed by atoms with Crippen LogP contribution in [0.25, 0.3) is 10.9 Å². The second kappa shape index (κ2) is 9.21. The number of nitrogens with one attached hydrogen (secondary N) is 1. The van der Waals surface area contributed by atoms with E-state index in [1.807, 2.05) is 19.9 Å². The molecule has 1 aromatic heterocycles. The standard InChI is InChI=1S/C24H34N4O2/c1-18(2)25-23(29)17-28-16-20(21-9-3-4-10-22(21)28)15-26-11-7-8-19(14-26)24(30)27-12-5-6-13-27/h3-4,9-10,16,18-19H,5-8,11-15,17H2,1-2H3,(H,25,29)/t19-/m1/s1. The Kier molecular flexibility index (Phi) is 6.42. The maximum atomic E-state index is 12.9. The zero-order valence-corrected chi connectivity index (χ0v) is 18.3. The van der Waals surface area contributed by atoms with Gasteiger partial charge in [0.15, 0.2) is 0 Å². The molecule has 162 valence electrons. The van der Waals surface area contributed by atoms with Crippen molar-refractivity contribution in [1.82, 2.24) is 19.7 Å². The molecule has 0 saturated carbocycles. The van der Waals surface area contributed by atoms with E-state index in [-0.39, 0.29) is 17.9 Å². The van der Waals surface area contributed by atoms with Crippen LogP contribution in [0.15, 0.2) is 30.5 Å². The topological polar surface area (TPSA) is 57.6 Å². The highest BCUT2D eigenvalue weighted by Gasteiger charge is 2.30. The molecule has 1 atom stereocenters. The number of piperidine rings is 1. The number of carbonyl (C=O) groups is 2. The fraction of sp³-hybridized carbons (Fsp3) is 0.583. The van der Waals surface area contributed by atoms with E-state index in [2.05, 4.69) is 44.1 Å². The molecule has 1 aromatic carbocycles. The third-order valence-corrected chi connectivity index (χ3v) is 6.30. The number of hydrogen-bond donors (Lipinski definition) is 1. The van der Waals surface area contributed by atoms with Gasteiger partial charge in [0.25, 0.3) is 0 Å². The van der Waals surface area contributed by atoms with Gasteiger partial charge in [-0.1, -0.05) is 18.2 Å². The van der Waals surface area contributed by atoms with Crippen LogP contribution >= 0.6 is 0 Å². The molecule has 0 unspecified atom stereocenters. The first-order valence-electron chi connectivity index (χ1n) is 11.4. The molecule has 6 heteroatoms. The number of amides is 2. The second-order valence-electron chi connectivity index (χ2n) is 9.13. The summed E-state index contributed by atoms with van der Waals surface area (Å²) < 4.78 is 2.05. The van der Waals surface area contributed by atoms with Crippen molar-refractivity contribution in [3.8, 4) is 0 Å². The van der Waals surface area contributed by atoms with Crippen molar-refractivity contribution in [2.75, 3.05) is 26.2 Å². The van der Waals surface area contributed by atoms with Gasteiger partial charge in [-0.15, -0.1) is 0 Å². The fourth-order valence-electron chi connectivity index (χ4n) is 4.94. The monoisotopic (exact) mass is 410 g/mol. The summed E-state index contributed by atoms with van der Waals surface area (Å²) in [4.78, 5) is 29.7. The predicted molar refractivity (Wildman–Crippen MR) is 119 cm³/mol. The summed E-state index contributed by atoms with van der Waals surface area (Å²) >= 11 is 0. The van der Waals surface area contributed by atoms with Gasteiger partial charge < -0.3 is 14.8 Å². The van der Waals surface area contributed by atoms with E-state index in [1.165, 1.54) is 10.9 Å². The van der Waals surface area contributed by atoms with Gasteiger partial charge in [-0.2, -0.15) is 0 Å². The number of carbonyl (C=O) groups excluding carboxylic acids is 2. The van der Waals surface area contributed by atoms with Gasteiger partial charge in [-0.25, -0.2) is 0 Å². The van der Waals surface area contributed by atoms with E-state index in [4.69, 9.17) is 0 Å². The van der Waals surface area contributed by atoms with Crippen molar-refractivity contribution in [3.63, 3.8) is 0 Å². The summed E-state index contributed by atoms with van der Waals surface area (Å²) in [6.45, 7) is 8.83. The molecule has 1 N–H and O–H groups in total. The number of hydrogen-bond acceptors (Lipinski definition) is 3. The molecule has 0 spiro atoms. The zero-order valence-electron chi connectivity index (χ0n) is 18.3. The molecule has 2 amide bonds. The molecule has 2 saturated heterocycles. The zero-order chi connectivity index (χ0) is 21.1. The Hall–Kier alpha value is -2.34. The van der Waals surface area contributed by atoms with Crippen LogP contribution in [0.5, 0.6) is 0 Å². The van der Waals surface area contributed by atoms with Crippen LogP contribution in [0.3, 0.4) is 0 Å². The van der Waals surface area contributed by atoms with E-state index in [0.29, 0.717) is 12.5 Å². The van der Waals surface area contributed by atoms with E-state index in [9.17, 15) is 9.59 Å². The minimum absolute atomic E-state index is 0.0338. The normalized spacial score (nSPS) is 20.2. The Bertz CT molecular complexity index is 898. The van der Waals surface area contributed by atoms with Crippen molar-refractivity contribution in [2.45, 2.75) is 58.7 Å². The van der Waals surface area contributed by atoms with Gasteiger partial charge in [-0.05, 0) is 57.7 Å². The summed E-state index contributed by atoms with van der Waals surface area (Å²) in [5.74, 6) is 0.513. The minimum atomic E-state index is 0.0338. The number of rotatable bonds is 6. The number of para-hydroxylation sites is 1. The Morgan fingerprint density at radius 2 is 1.87 bits per heavy atom. The molecule has 2 aromatic rings. The molecule has 3 heterocycles. The van der Waals surface area contributed by atoms with Crippen LogP contribution in [0.2, 0.25) is 0 Å². The Morgan fingerprint density at radius 1 is 1.10 bits per heavy atom. The number of fused-ring (bicyclic) bond motifs is 1. The Balaban J connectivity index is 1.48. The lowest BCUT2D eigenvalue weighted by atomic mass is 9.96. The van der Waals surface area contributed by atoms with Crippen LogP contribution in [0, 0.1) is 5.92 Å². The third kappa shape index (κ3) is 4.69. The van der Waals surface area contributed by atoms with Gasteiger partial charge in [0.2, 0.25) is 11.8 Å². The molecular formula is C24H34N4O2. The second-order valence-corrected chi connectivity index (χ2v) is 9.13. The summed E-state index contributed by atoms with van der Waals surface area (Å²) in [7, 11) is 0. The smallest absolute Gasteiger partial charge is 0.240 e. The first kappa shape index (κ1) is 20.9. The largest absolute Gasteiger partial charge is 0.352 e. The molecule has 0 bridgehead atoms. The highest BCUT2D eigenvalue weighted by atomic mass is 16.2. The average Bonchev–Trinajstić information content (AvgIpc) is 3.37. The molecule has 6 nitrogen and oxygen atoms in total. The minimum Gasteiger partial charge on any atom is -0.352 e. The maximum Gasteiger partial charge on any atom is 0.240 e. The van der Waals surface area contributed by atoms with Crippen LogP contribution in [0.1, 0.15) is 45.1 Å². The van der Waals surface area contributed by atoms with Crippen molar-refractivity contribution in [1.29, 1.82) is 0 Å². The quantitative estimate of drug-likeness (QED) is 0.797. The van der Waals surface area contributed by atoms with Gasteiger partial charge in [0.1, 0.15) is 6.54 Å². The summed E-state index contributed by atoms with van der Waals surface area (Å²) in [5, 5.41) is 4.18. The molecular weight excluding hydrogens is 376 g/mol. The van der Waals surface area contributed by atoms with Crippen molar-refractivity contribution in [2.24, 2.45) is 5.92 Å². The SMILES string of the molecule is CC(C)NC(=O)Cn1cc(CN2CCC[C@@H](C(=O)N3CCCC3)C2)c2ccccc21. The van der Waals surface area contributed by atoms with Gasteiger partial charge >= 0.3 is 0 Å². The molecule has 30 heavy (non-hydrogen) atoms. The summed E-state index contributed by atoms with van der Waals surface area (Å²) in [6, 6.07) is 8.43. The Morgan fingerprint density at radius 3 is 2.63 bits per heavy atom. The van der Waals surface area contributed by atoms with E-state index >= 15 is 0 Å². The van der Waals surface area contributed by atoms with E-state index in [1.54, 1.807) is 0 Å². The average molecular weight is 411 g/mol. The fourth-order valence-corrected chi connectivity index (χ4v) is 4.94. The first-order valence-corrected chi connectivity index (χ1v) is 11.4. The summed E-state index contributed by atoms with van der Waals surface area (Å²) in [6.07, 6.45) is 6.48. The van der Waals surface area contributed by atoms with Gasteiger partial charge in [-0.3, -0.25) is 14.5 Å². The molecule has 4 rings (SSSR count). The van der Waals surface area contributed by atoms with Crippen LogP contribution in [-0.4, -0.2) is 58.4 Å². The predicted octanol–water partition coefficient (Wildman–Crippen LogP) is 3.00. The van der Waals surface area contributed by atoms with Crippen LogP contribution < -0.4 is 5.32 Å². The first-order chi connectivity index (χ1) is 14.5. The molecule has 0 aliphatic carbocycles. The Labute approximate surface area is 179 Å². The summed E-state index contributed by atoms with van der Waals surface area (Å²) in [5.41, 5.74) is 2.32. The maximum absolute atomic E-state index is 12.9. The third-order valence-electron chi connectivity index (χ3n) is 6.30. The number of benzene rings is 1. The van der Waals surface area contributed by atoms with Crippen molar-refractivity contribution < 1.29 is 9.59 Å². The molecule has 2 aliphatic rings. The highest BCUT2D eigenvalue weighted by Crippen LogP contribution is 2.26. The van der Waals surface area contributed by atoms with Crippen LogP contribution in [0.4, 0.5) is 0 Å². The lowest BCUT2D eigenvalue weighted by Crippen LogP contribution is -2.43. The lowest BCUT2D eigenvalue weighted by molar-refractivity contribution is -0.136.